The van der Waals surface area contributed by atoms with Gasteiger partial charge >= 0.3 is 11.6 Å². The van der Waals surface area contributed by atoms with Crippen molar-refractivity contribution in [3.63, 3.8) is 0 Å². The average Bonchev–Trinajstić information content (AvgIpc) is 2.70. The zero-order chi connectivity index (χ0) is 20.7. The van der Waals surface area contributed by atoms with E-state index in [1.54, 1.807) is 0 Å². The largest absolute Gasteiger partial charge is 0.412 e. The van der Waals surface area contributed by atoms with E-state index in [0.717, 1.165) is 0 Å². The summed E-state index contributed by atoms with van der Waals surface area (Å²) in [5, 5.41) is 0. The smallest absolute Gasteiger partial charge is 0.335 e. The SMILES string of the molecule is C.C.C.C.C.C.C.C.C.C.CC.CC.CC.CC.CC.CC.CN.CN.CN.O.O=S=O. The van der Waals surface area contributed by atoms with Crippen LogP contribution >= 0.6 is 0 Å². The second-order valence-corrected chi connectivity index (χ2v) is 0.204. The van der Waals surface area contributed by atoms with Crippen molar-refractivity contribution < 1.29 is 13.9 Å². The minimum atomic E-state index is -0.750. The fraction of sp³-hybridized carbons (Fsp3) is 1.00. The summed E-state index contributed by atoms with van der Waals surface area (Å²) >= 11 is -0.750. The Morgan fingerprint density at radius 2 is 0.312 bits per heavy atom. The van der Waals surface area contributed by atoms with Gasteiger partial charge in [0.1, 0.15) is 0 Å². The molecule has 0 heterocycles. The Bertz CT molecular complexity index is 55.4. The monoisotopic (exact) mass is 516 g/mol. The Morgan fingerprint density at radius 3 is 0.312 bits per heavy atom. The molecule has 0 aliphatic heterocycles. The van der Waals surface area contributed by atoms with E-state index in [4.69, 9.17) is 8.42 Å². The summed E-state index contributed by atoms with van der Waals surface area (Å²) in [7, 11) is 4.50. The highest BCUT2D eigenvalue weighted by Gasteiger charge is 1.12. The zero-order valence-electron chi connectivity index (χ0n) is 18.5. The third-order valence-corrected chi connectivity index (χ3v) is 0. The molecule has 0 aromatic heterocycles. The summed E-state index contributed by atoms with van der Waals surface area (Å²) < 4.78 is 16.6. The van der Waals surface area contributed by atoms with Crippen LogP contribution in [0.25, 0.3) is 0 Å². The Labute approximate surface area is 221 Å². The van der Waals surface area contributed by atoms with Gasteiger partial charge in [0, 0.05) is 0 Å². The Balaban J connectivity index is -0.00000000214. The van der Waals surface area contributed by atoms with Gasteiger partial charge in [-0.3, -0.25) is 0 Å². The number of nitrogens with two attached hydrogens (primary N) is 3. The van der Waals surface area contributed by atoms with Gasteiger partial charge in [0.25, 0.3) is 0 Å². The van der Waals surface area contributed by atoms with Crippen LogP contribution in [0.4, 0.5) is 0 Å². The van der Waals surface area contributed by atoms with Gasteiger partial charge < -0.3 is 22.7 Å². The molecule has 8 N–H and O–H groups in total. The van der Waals surface area contributed by atoms with Crippen LogP contribution in [-0.4, -0.2) is 35.0 Å². The van der Waals surface area contributed by atoms with Crippen LogP contribution in [0.2, 0.25) is 0 Å². The molecular weight excluding hydrogens is 422 g/mol. The number of rotatable bonds is 0. The average molecular weight is 516 g/mol. The molecule has 32 heavy (non-hydrogen) atoms. The first kappa shape index (κ1) is 262. The lowest BCUT2D eigenvalue weighted by molar-refractivity contribution is 0.630. The molecule has 0 saturated heterocycles. The fourth-order valence-electron chi connectivity index (χ4n) is 0. The van der Waals surface area contributed by atoms with Crippen LogP contribution in [0, 0.1) is 0 Å². The molecule has 0 aliphatic rings. The van der Waals surface area contributed by atoms with E-state index in [9.17, 15) is 0 Å². The molecule has 0 fully saturated rings. The maximum Gasteiger partial charge on any atom is 0.335 e. The summed E-state index contributed by atoms with van der Waals surface area (Å²) in [6.45, 7) is 24.0. The first-order valence-corrected chi connectivity index (χ1v) is 8.73. The second-order valence-electron chi connectivity index (χ2n) is 0.0680. The van der Waals surface area contributed by atoms with E-state index in [-0.39, 0.29) is 79.7 Å². The molecule has 7 heteroatoms. The topological polar surface area (TPSA) is 144 Å². The van der Waals surface area contributed by atoms with Crippen molar-refractivity contribution in [2.24, 2.45) is 17.2 Å². The molecule has 0 aromatic rings. The number of hydrogen-bond acceptors (Lipinski definition) is 5. The van der Waals surface area contributed by atoms with Gasteiger partial charge in [-0.1, -0.05) is 157 Å². The molecule has 6 nitrogen and oxygen atoms in total. The molecule has 0 bridgehead atoms. The predicted molar refractivity (Wildman–Crippen MR) is 178 cm³/mol. The number of hydrogen-bond donors (Lipinski definition) is 3. The van der Waals surface area contributed by atoms with Crippen molar-refractivity contribution in [3.05, 3.63) is 0 Å². The normalized spacial score (nSPS) is 2.06. The maximum atomic E-state index is 8.29. The first-order chi connectivity index (χ1) is 10.4. The van der Waals surface area contributed by atoms with Crippen molar-refractivity contribution in [1.29, 1.82) is 0 Å². The molecule has 232 valence electrons. The quantitative estimate of drug-likeness (QED) is 0.294. The molecule has 0 aliphatic carbocycles. The van der Waals surface area contributed by atoms with Crippen LogP contribution in [0.3, 0.4) is 0 Å². The Morgan fingerprint density at radius 1 is 0.312 bits per heavy atom. The molecule has 0 rings (SSSR count). The molecule has 0 saturated carbocycles. The molecule has 0 amide bonds. The van der Waals surface area contributed by atoms with Gasteiger partial charge in [0.2, 0.25) is 0 Å². The van der Waals surface area contributed by atoms with Crippen molar-refractivity contribution in [2.45, 2.75) is 157 Å². The minimum absolute atomic E-state index is 0. The lowest BCUT2D eigenvalue weighted by atomic mass is 11.0. The highest BCUT2D eigenvalue weighted by atomic mass is 32.1. The van der Waals surface area contributed by atoms with Crippen molar-refractivity contribution in [1.82, 2.24) is 0 Å². The first-order valence-electron chi connectivity index (χ1n) is 8.07. The van der Waals surface area contributed by atoms with E-state index >= 15 is 0 Å². The summed E-state index contributed by atoms with van der Waals surface area (Å²) in [6.07, 6.45) is 0. The molecule has 0 aromatic carbocycles. The standard InChI is InChI=1S/6C2H6.3CH5N.10CH4.O2S.H2O/c9*1-2;;;;;;;;;;;1-3-2;/h6*1-2H3;3*2H2,1H3;10*1H4;;1H2. The van der Waals surface area contributed by atoms with E-state index < -0.39 is 11.6 Å². The Kier molecular flexibility index (Phi) is 507000. The van der Waals surface area contributed by atoms with Crippen LogP contribution in [-0.2, 0) is 11.6 Å². The molecular formula is C25H93N3O3S. The van der Waals surface area contributed by atoms with E-state index in [2.05, 4.69) is 17.2 Å². The van der Waals surface area contributed by atoms with Crippen LogP contribution in [0.1, 0.15) is 157 Å². The maximum absolute atomic E-state index is 8.29. The summed E-state index contributed by atoms with van der Waals surface area (Å²) in [4.78, 5) is 0. The van der Waals surface area contributed by atoms with Crippen molar-refractivity contribution in [3.8, 4) is 0 Å². The fourth-order valence-corrected chi connectivity index (χ4v) is 0. The van der Waals surface area contributed by atoms with Gasteiger partial charge in [0.15, 0.2) is 0 Å². The third-order valence-electron chi connectivity index (χ3n) is 0. The van der Waals surface area contributed by atoms with Crippen LogP contribution in [0.15, 0.2) is 0 Å². The summed E-state index contributed by atoms with van der Waals surface area (Å²) in [5.74, 6) is 0. The lowest BCUT2D eigenvalue weighted by Crippen LogP contribution is -1.69. The van der Waals surface area contributed by atoms with Crippen molar-refractivity contribution >= 4 is 11.6 Å². The van der Waals surface area contributed by atoms with E-state index in [1.807, 2.05) is 83.1 Å². The lowest BCUT2D eigenvalue weighted by Gasteiger charge is -1.19. The van der Waals surface area contributed by atoms with Gasteiger partial charge in [-0.2, -0.15) is 8.42 Å². The molecule has 0 unspecified atom stereocenters. The zero-order valence-corrected chi connectivity index (χ0v) is 19.3. The summed E-state index contributed by atoms with van der Waals surface area (Å²) in [5.41, 5.74) is 13.5. The van der Waals surface area contributed by atoms with Gasteiger partial charge in [-0.05, 0) is 21.1 Å². The predicted octanol–water partition coefficient (Wildman–Crippen LogP) is 9.75. The minimum Gasteiger partial charge on any atom is -0.412 e. The highest BCUT2D eigenvalue weighted by Crippen LogP contribution is 1.15. The van der Waals surface area contributed by atoms with Crippen molar-refractivity contribution in [2.75, 3.05) is 21.1 Å². The van der Waals surface area contributed by atoms with Gasteiger partial charge in [0.05, 0.1) is 0 Å². The molecule has 0 atom stereocenters. The van der Waals surface area contributed by atoms with Crippen LogP contribution in [0.5, 0.6) is 0 Å². The second kappa shape index (κ2) is 61900. The van der Waals surface area contributed by atoms with E-state index in [1.165, 1.54) is 21.1 Å². The molecule has 0 spiro atoms. The summed E-state index contributed by atoms with van der Waals surface area (Å²) in [6, 6.07) is 0. The van der Waals surface area contributed by atoms with Gasteiger partial charge in [-0.25, -0.2) is 0 Å². The third kappa shape index (κ3) is 211000. The van der Waals surface area contributed by atoms with Crippen LogP contribution < -0.4 is 17.2 Å². The Hall–Kier alpha value is -0.340. The van der Waals surface area contributed by atoms with Gasteiger partial charge in [-0.15, -0.1) is 0 Å². The molecule has 0 radical (unpaired) electrons. The van der Waals surface area contributed by atoms with E-state index in [0.29, 0.717) is 0 Å². The highest BCUT2D eigenvalue weighted by molar-refractivity contribution is 7.51.